The molecule has 2 N–H and O–H groups in total. The van der Waals surface area contributed by atoms with Gasteiger partial charge in [-0.1, -0.05) is 0 Å². The molecular weight excluding hydrogens is 296 g/mol. The van der Waals surface area contributed by atoms with Gasteiger partial charge in [-0.05, 0) is 42.4 Å². The molecule has 0 bridgehead atoms. The molecule has 0 fully saturated rings. The SMILES string of the molecule is CC1(C)C=C(n2cc(N)ccc2=O)c2cc3nonc3cc2O1. The van der Waals surface area contributed by atoms with Gasteiger partial charge in [0.25, 0.3) is 5.56 Å². The summed E-state index contributed by atoms with van der Waals surface area (Å²) in [5, 5.41) is 7.68. The van der Waals surface area contributed by atoms with Crippen LogP contribution in [-0.4, -0.2) is 20.5 Å². The van der Waals surface area contributed by atoms with E-state index in [9.17, 15) is 4.79 Å². The molecule has 1 aliphatic rings. The number of pyridine rings is 1. The molecule has 0 amide bonds. The fourth-order valence-electron chi connectivity index (χ4n) is 2.71. The monoisotopic (exact) mass is 310 g/mol. The van der Waals surface area contributed by atoms with Crippen molar-refractivity contribution >= 4 is 22.4 Å². The average molecular weight is 310 g/mol. The van der Waals surface area contributed by atoms with Gasteiger partial charge in [0.15, 0.2) is 0 Å². The fraction of sp³-hybridized carbons (Fsp3) is 0.188. The van der Waals surface area contributed by atoms with E-state index in [2.05, 4.69) is 10.3 Å². The second-order valence-corrected chi connectivity index (χ2v) is 6.01. The number of nitrogens with two attached hydrogens (primary N) is 1. The van der Waals surface area contributed by atoms with E-state index in [1.807, 2.05) is 19.9 Å². The Labute approximate surface area is 130 Å². The Hall–Kier alpha value is -3.09. The Balaban J connectivity index is 2.03. The van der Waals surface area contributed by atoms with Crippen LogP contribution < -0.4 is 16.0 Å². The molecule has 0 radical (unpaired) electrons. The van der Waals surface area contributed by atoms with Crippen molar-refractivity contribution in [3.63, 3.8) is 0 Å². The van der Waals surface area contributed by atoms with Crippen LogP contribution in [0.4, 0.5) is 5.69 Å². The Kier molecular flexibility index (Phi) is 2.63. The predicted molar refractivity (Wildman–Crippen MR) is 85.0 cm³/mol. The Morgan fingerprint density at radius 2 is 1.91 bits per heavy atom. The van der Waals surface area contributed by atoms with Crippen LogP contribution in [0, 0.1) is 0 Å². The van der Waals surface area contributed by atoms with Crippen LogP contribution in [0.3, 0.4) is 0 Å². The van der Waals surface area contributed by atoms with Crippen LogP contribution in [0.15, 0.2) is 46.0 Å². The zero-order chi connectivity index (χ0) is 16.2. The molecule has 23 heavy (non-hydrogen) atoms. The standard InChI is InChI=1S/C16H14N4O3/c1-16(2)7-13(20-8-9(17)3-4-15(20)21)10-5-11-12(19-23-18-11)6-14(10)22-16/h3-8H,17H2,1-2H3. The van der Waals surface area contributed by atoms with Crippen molar-refractivity contribution in [1.29, 1.82) is 0 Å². The largest absolute Gasteiger partial charge is 0.483 e. The lowest BCUT2D eigenvalue weighted by atomic mass is 9.98. The number of ether oxygens (including phenoxy) is 1. The second kappa shape index (κ2) is 4.45. The van der Waals surface area contributed by atoms with Crippen molar-refractivity contribution in [2.45, 2.75) is 19.4 Å². The molecular formula is C16H14N4O3. The maximum absolute atomic E-state index is 12.3. The lowest BCUT2D eigenvalue weighted by Crippen LogP contribution is -2.32. The molecule has 0 atom stereocenters. The van der Waals surface area contributed by atoms with Gasteiger partial charge in [-0.3, -0.25) is 9.36 Å². The van der Waals surface area contributed by atoms with Crippen LogP contribution in [-0.2, 0) is 0 Å². The van der Waals surface area contributed by atoms with E-state index in [0.29, 0.717) is 28.2 Å². The summed E-state index contributed by atoms with van der Waals surface area (Å²) in [7, 11) is 0. The molecule has 4 rings (SSSR count). The summed E-state index contributed by atoms with van der Waals surface area (Å²) in [6.07, 6.45) is 3.49. The Morgan fingerprint density at radius 1 is 1.17 bits per heavy atom. The fourth-order valence-corrected chi connectivity index (χ4v) is 2.71. The Morgan fingerprint density at radius 3 is 2.70 bits per heavy atom. The molecule has 3 aromatic rings. The highest BCUT2D eigenvalue weighted by atomic mass is 16.6. The van der Waals surface area contributed by atoms with Gasteiger partial charge in [-0.15, -0.1) is 0 Å². The predicted octanol–water partition coefficient (Wildman–Crippen LogP) is 2.03. The molecule has 0 saturated carbocycles. The van der Waals surface area contributed by atoms with Gasteiger partial charge in [-0.2, -0.15) is 0 Å². The number of rotatable bonds is 1. The van der Waals surface area contributed by atoms with Crippen molar-refractivity contribution in [2.24, 2.45) is 0 Å². The van der Waals surface area contributed by atoms with Gasteiger partial charge in [0.05, 0.1) is 5.70 Å². The molecule has 116 valence electrons. The van der Waals surface area contributed by atoms with Crippen LogP contribution in [0.25, 0.3) is 16.7 Å². The molecule has 7 heteroatoms. The molecule has 0 spiro atoms. The Bertz CT molecular complexity index is 1010. The first-order chi connectivity index (χ1) is 10.9. The van der Waals surface area contributed by atoms with Gasteiger partial charge in [0, 0.05) is 29.6 Å². The molecule has 0 aliphatic carbocycles. The minimum atomic E-state index is -0.586. The highest BCUT2D eigenvalue weighted by molar-refractivity contribution is 5.85. The van der Waals surface area contributed by atoms with Gasteiger partial charge >= 0.3 is 0 Å². The van der Waals surface area contributed by atoms with Crippen molar-refractivity contribution in [3.8, 4) is 5.75 Å². The molecule has 1 aliphatic heterocycles. The number of fused-ring (bicyclic) bond motifs is 2. The normalized spacial score (nSPS) is 15.8. The third kappa shape index (κ3) is 2.17. The molecule has 0 saturated heterocycles. The van der Waals surface area contributed by atoms with Gasteiger partial charge in [-0.25, -0.2) is 4.63 Å². The van der Waals surface area contributed by atoms with Crippen LogP contribution in [0.5, 0.6) is 5.75 Å². The van der Waals surface area contributed by atoms with E-state index in [-0.39, 0.29) is 5.56 Å². The summed E-state index contributed by atoms with van der Waals surface area (Å²) in [6.45, 7) is 3.83. The third-order valence-corrected chi connectivity index (χ3v) is 3.68. The maximum Gasteiger partial charge on any atom is 0.255 e. The van der Waals surface area contributed by atoms with E-state index in [4.69, 9.17) is 15.1 Å². The molecule has 7 nitrogen and oxygen atoms in total. The van der Waals surface area contributed by atoms with E-state index < -0.39 is 5.60 Å². The maximum atomic E-state index is 12.3. The lowest BCUT2D eigenvalue weighted by Gasteiger charge is -2.31. The number of hydrogen-bond donors (Lipinski definition) is 1. The van der Waals surface area contributed by atoms with E-state index >= 15 is 0 Å². The smallest absolute Gasteiger partial charge is 0.255 e. The number of nitrogens with zero attached hydrogens (tertiary/aromatic N) is 3. The minimum absolute atomic E-state index is 0.174. The van der Waals surface area contributed by atoms with Crippen molar-refractivity contribution in [2.75, 3.05) is 5.73 Å². The number of hydrogen-bond acceptors (Lipinski definition) is 6. The molecule has 3 heterocycles. The number of benzene rings is 1. The topological polar surface area (TPSA) is 96.2 Å². The number of nitrogen functional groups attached to an aromatic ring is 1. The first kappa shape index (κ1) is 13.6. The van der Waals surface area contributed by atoms with E-state index in [0.717, 1.165) is 5.56 Å². The first-order valence-corrected chi connectivity index (χ1v) is 7.10. The van der Waals surface area contributed by atoms with Gasteiger partial charge in [0.1, 0.15) is 22.4 Å². The quantitative estimate of drug-likeness (QED) is 0.738. The molecule has 0 unspecified atom stereocenters. The van der Waals surface area contributed by atoms with Crippen molar-refractivity contribution in [3.05, 3.63) is 52.5 Å². The third-order valence-electron chi connectivity index (χ3n) is 3.68. The summed E-state index contributed by atoms with van der Waals surface area (Å²) in [6, 6.07) is 6.56. The van der Waals surface area contributed by atoms with Crippen LogP contribution >= 0.6 is 0 Å². The summed E-state index contributed by atoms with van der Waals surface area (Å²) in [5.41, 5.74) is 8.20. The second-order valence-electron chi connectivity index (χ2n) is 6.01. The van der Waals surface area contributed by atoms with E-state index in [1.54, 1.807) is 24.4 Å². The molecule has 1 aromatic carbocycles. The summed E-state index contributed by atoms with van der Waals surface area (Å²) >= 11 is 0. The number of anilines is 1. The molecule has 2 aromatic heterocycles. The minimum Gasteiger partial charge on any atom is -0.483 e. The van der Waals surface area contributed by atoms with Gasteiger partial charge < -0.3 is 10.5 Å². The summed E-state index contributed by atoms with van der Waals surface area (Å²) in [4.78, 5) is 12.3. The van der Waals surface area contributed by atoms with Crippen molar-refractivity contribution in [1.82, 2.24) is 14.9 Å². The zero-order valence-electron chi connectivity index (χ0n) is 12.6. The number of aromatic nitrogens is 3. The van der Waals surface area contributed by atoms with Crippen LogP contribution in [0.1, 0.15) is 19.4 Å². The average Bonchev–Trinajstić information content (AvgIpc) is 2.93. The van der Waals surface area contributed by atoms with Crippen LogP contribution in [0.2, 0.25) is 0 Å². The highest BCUT2D eigenvalue weighted by Gasteiger charge is 2.29. The first-order valence-electron chi connectivity index (χ1n) is 7.10. The summed E-state index contributed by atoms with van der Waals surface area (Å²) < 4.78 is 12.3. The van der Waals surface area contributed by atoms with Crippen molar-refractivity contribution < 1.29 is 9.37 Å². The summed E-state index contributed by atoms with van der Waals surface area (Å²) in [5.74, 6) is 0.616. The zero-order valence-corrected chi connectivity index (χ0v) is 12.6. The highest BCUT2D eigenvalue weighted by Crippen LogP contribution is 2.38. The lowest BCUT2D eigenvalue weighted by molar-refractivity contribution is 0.157. The van der Waals surface area contributed by atoms with E-state index in [1.165, 1.54) is 10.6 Å². The van der Waals surface area contributed by atoms with Gasteiger partial charge in [0.2, 0.25) is 0 Å².